The van der Waals surface area contributed by atoms with Crippen molar-refractivity contribution in [1.29, 1.82) is 0 Å². The van der Waals surface area contributed by atoms with Gasteiger partial charge in [0.25, 0.3) is 5.69 Å². The van der Waals surface area contributed by atoms with E-state index in [1.54, 1.807) is 23.3 Å². The van der Waals surface area contributed by atoms with E-state index in [2.05, 4.69) is 5.32 Å². The molecule has 1 aromatic rings. The Morgan fingerprint density at radius 3 is 2.54 bits per heavy atom. The summed E-state index contributed by atoms with van der Waals surface area (Å²) in [5.74, 6) is -0.228. The molecule has 0 aliphatic carbocycles. The zero-order valence-corrected chi connectivity index (χ0v) is 14.4. The number of nitrogens with zero attached hydrogens (tertiary/aromatic N) is 2. The van der Waals surface area contributed by atoms with Crippen molar-refractivity contribution in [3.8, 4) is 0 Å². The first-order chi connectivity index (χ1) is 11.3. The third-order valence-corrected chi connectivity index (χ3v) is 4.05. The number of carbonyl (C=O) groups excluding carboxylic acids is 1. The van der Waals surface area contributed by atoms with E-state index in [4.69, 9.17) is 4.84 Å². The Labute approximate surface area is 142 Å². The number of nitrogens with one attached hydrogen (secondary N) is 1. The molecular formula is C17H25N3O4. The van der Waals surface area contributed by atoms with Gasteiger partial charge in [0, 0.05) is 37.3 Å². The molecule has 132 valence electrons. The highest BCUT2D eigenvalue weighted by Gasteiger charge is 2.28. The van der Waals surface area contributed by atoms with Gasteiger partial charge in [0.1, 0.15) is 0 Å². The third-order valence-electron chi connectivity index (χ3n) is 4.05. The highest BCUT2D eigenvalue weighted by atomic mass is 16.7. The molecule has 0 amide bonds. The number of piperidine rings is 1. The quantitative estimate of drug-likeness (QED) is 0.658. The van der Waals surface area contributed by atoms with Crippen LogP contribution in [0.5, 0.6) is 0 Å². The molecule has 1 fully saturated rings. The fraction of sp³-hybridized carbons (Fsp3) is 0.588. The highest BCUT2D eigenvalue weighted by Crippen LogP contribution is 2.20. The summed E-state index contributed by atoms with van der Waals surface area (Å²) < 4.78 is 0. The fourth-order valence-electron chi connectivity index (χ4n) is 2.50. The van der Waals surface area contributed by atoms with E-state index in [1.807, 2.05) is 20.8 Å². The van der Waals surface area contributed by atoms with Crippen molar-refractivity contribution >= 4 is 11.7 Å². The molecular weight excluding hydrogens is 310 g/mol. The lowest BCUT2D eigenvalue weighted by atomic mass is 9.98. The van der Waals surface area contributed by atoms with Crippen molar-refractivity contribution in [1.82, 2.24) is 10.4 Å². The molecule has 7 nitrogen and oxygen atoms in total. The van der Waals surface area contributed by atoms with Crippen LogP contribution >= 0.6 is 0 Å². The first kappa shape index (κ1) is 18.4. The minimum Gasteiger partial charge on any atom is -0.367 e. The van der Waals surface area contributed by atoms with Crippen LogP contribution < -0.4 is 5.32 Å². The molecule has 24 heavy (non-hydrogen) atoms. The zero-order chi connectivity index (χ0) is 17.7. The molecule has 7 heteroatoms. The number of rotatable bonds is 5. The van der Waals surface area contributed by atoms with Crippen molar-refractivity contribution < 1.29 is 14.6 Å². The molecule has 0 spiro atoms. The maximum absolute atomic E-state index is 11.9. The Bertz CT molecular complexity index is 590. The standard InChI is InChI=1S/C17H25N3O4/c1-17(2,3)16(21)24-19-10-8-14(9-11-19)18-12-13-6-4-5-7-15(13)20(22)23/h4-7,14,18H,8-12H2,1-3H3. The lowest BCUT2D eigenvalue weighted by molar-refractivity contribution is -0.385. The van der Waals surface area contributed by atoms with Crippen LogP contribution in [0.2, 0.25) is 0 Å². The van der Waals surface area contributed by atoms with Gasteiger partial charge in [0.05, 0.1) is 10.3 Å². The molecule has 1 heterocycles. The minimum atomic E-state index is -0.513. The first-order valence-electron chi connectivity index (χ1n) is 8.20. The van der Waals surface area contributed by atoms with E-state index in [1.165, 1.54) is 6.07 Å². The Morgan fingerprint density at radius 1 is 1.33 bits per heavy atom. The van der Waals surface area contributed by atoms with Gasteiger partial charge in [0.15, 0.2) is 0 Å². The summed E-state index contributed by atoms with van der Waals surface area (Å²) in [7, 11) is 0. The van der Waals surface area contributed by atoms with Crippen molar-refractivity contribution in [2.45, 2.75) is 46.2 Å². The van der Waals surface area contributed by atoms with Gasteiger partial charge >= 0.3 is 5.97 Å². The van der Waals surface area contributed by atoms with E-state index < -0.39 is 5.41 Å². The minimum absolute atomic E-state index is 0.140. The third kappa shape index (κ3) is 5.01. The van der Waals surface area contributed by atoms with Gasteiger partial charge < -0.3 is 10.2 Å². The van der Waals surface area contributed by atoms with Gasteiger partial charge in [-0.15, -0.1) is 5.06 Å². The van der Waals surface area contributed by atoms with Crippen LogP contribution in [0.25, 0.3) is 0 Å². The number of hydroxylamine groups is 2. The number of nitro groups is 1. The molecule has 0 radical (unpaired) electrons. The summed E-state index contributed by atoms with van der Waals surface area (Å²) in [6, 6.07) is 7.02. The van der Waals surface area contributed by atoms with Gasteiger partial charge in [-0.05, 0) is 33.6 Å². The summed E-state index contributed by atoms with van der Waals surface area (Å²) in [6.45, 7) is 7.28. The summed E-state index contributed by atoms with van der Waals surface area (Å²) in [4.78, 5) is 27.9. The van der Waals surface area contributed by atoms with Crippen LogP contribution in [0.4, 0.5) is 5.69 Å². The number of benzene rings is 1. The first-order valence-corrected chi connectivity index (χ1v) is 8.20. The van der Waals surface area contributed by atoms with Crippen LogP contribution in [-0.2, 0) is 16.2 Å². The molecule has 0 saturated carbocycles. The largest absolute Gasteiger partial charge is 0.367 e. The molecule has 1 aliphatic rings. The van der Waals surface area contributed by atoms with Crippen LogP contribution in [0.3, 0.4) is 0 Å². The highest BCUT2D eigenvalue weighted by molar-refractivity contribution is 5.75. The number of nitro benzene ring substituents is 1. The number of hydrogen-bond donors (Lipinski definition) is 1. The molecule has 1 N–H and O–H groups in total. The molecule has 0 atom stereocenters. The van der Waals surface area contributed by atoms with Crippen LogP contribution in [0.15, 0.2) is 24.3 Å². The smallest absolute Gasteiger partial charge is 0.330 e. The summed E-state index contributed by atoms with van der Waals surface area (Å²) in [5.41, 5.74) is 0.312. The zero-order valence-electron chi connectivity index (χ0n) is 14.4. The lowest BCUT2D eigenvalue weighted by Crippen LogP contribution is -2.44. The topological polar surface area (TPSA) is 84.7 Å². The number of hydrogen-bond acceptors (Lipinski definition) is 6. The van der Waals surface area contributed by atoms with E-state index in [9.17, 15) is 14.9 Å². The second kappa shape index (κ2) is 7.72. The van der Waals surface area contributed by atoms with E-state index >= 15 is 0 Å². The van der Waals surface area contributed by atoms with Gasteiger partial charge in [-0.25, -0.2) is 4.79 Å². The van der Waals surface area contributed by atoms with Gasteiger partial charge in [-0.1, -0.05) is 18.2 Å². The van der Waals surface area contributed by atoms with Crippen molar-refractivity contribution in [2.75, 3.05) is 13.1 Å². The average Bonchev–Trinajstić information content (AvgIpc) is 2.53. The normalized spacial score (nSPS) is 16.8. The number of carbonyl (C=O) groups is 1. The Morgan fingerprint density at radius 2 is 1.96 bits per heavy atom. The molecule has 0 unspecified atom stereocenters. The maximum atomic E-state index is 11.9. The molecule has 2 rings (SSSR count). The van der Waals surface area contributed by atoms with Crippen LogP contribution in [0, 0.1) is 15.5 Å². The molecule has 1 aromatic carbocycles. The van der Waals surface area contributed by atoms with Gasteiger partial charge in [-0.2, -0.15) is 0 Å². The van der Waals surface area contributed by atoms with Crippen LogP contribution in [-0.4, -0.2) is 35.1 Å². The monoisotopic (exact) mass is 335 g/mol. The van der Waals surface area contributed by atoms with Crippen molar-refractivity contribution in [2.24, 2.45) is 5.41 Å². The molecule has 0 bridgehead atoms. The number of para-hydroxylation sites is 1. The maximum Gasteiger partial charge on any atom is 0.330 e. The Kier molecular flexibility index (Phi) is 5.90. The van der Waals surface area contributed by atoms with Crippen molar-refractivity contribution in [3.63, 3.8) is 0 Å². The van der Waals surface area contributed by atoms with E-state index in [0.717, 1.165) is 12.8 Å². The van der Waals surface area contributed by atoms with Gasteiger partial charge in [0.2, 0.25) is 0 Å². The Hall–Kier alpha value is -1.99. The molecule has 0 aromatic heterocycles. The van der Waals surface area contributed by atoms with Crippen molar-refractivity contribution in [3.05, 3.63) is 39.9 Å². The summed E-state index contributed by atoms with van der Waals surface area (Å²) >= 11 is 0. The Balaban J connectivity index is 1.80. The second-order valence-corrected chi connectivity index (χ2v) is 7.10. The second-order valence-electron chi connectivity index (χ2n) is 7.10. The summed E-state index contributed by atoms with van der Waals surface area (Å²) in [5, 5.41) is 16.1. The lowest BCUT2D eigenvalue weighted by Gasteiger charge is -2.32. The SMILES string of the molecule is CC(C)(C)C(=O)ON1CCC(NCc2ccccc2[N+](=O)[O-])CC1. The predicted octanol–water partition coefficient (Wildman–Crippen LogP) is 2.65. The van der Waals surface area contributed by atoms with Crippen LogP contribution in [0.1, 0.15) is 39.2 Å². The summed E-state index contributed by atoms with van der Waals surface area (Å²) in [6.07, 6.45) is 1.66. The fourth-order valence-corrected chi connectivity index (χ4v) is 2.50. The van der Waals surface area contributed by atoms with E-state index in [0.29, 0.717) is 25.2 Å². The molecule has 1 saturated heterocycles. The van der Waals surface area contributed by atoms with E-state index in [-0.39, 0.29) is 22.6 Å². The predicted molar refractivity (Wildman–Crippen MR) is 90.1 cm³/mol. The van der Waals surface area contributed by atoms with Gasteiger partial charge in [-0.3, -0.25) is 10.1 Å². The average molecular weight is 335 g/mol. The molecule has 1 aliphatic heterocycles.